The molecule has 1 aromatic heterocycles. The molecule has 0 unspecified atom stereocenters. The zero-order valence-corrected chi connectivity index (χ0v) is 16.0. The molecular weight excluding hydrogens is 340 g/mol. The molecule has 0 aromatic carbocycles. The van der Waals surface area contributed by atoms with E-state index in [2.05, 4.69) is 17.9 Å². The molecule has 1 aromatic rings. The van der Waals surface area contributed by atoms with Crippen LogP contribution in [0, 0.1) is 0 Å². The summed E-state index contributed by atoms with van der Waals surface area (Å²) in [5.74, 6) is 2.25. The van der Waals surface area contributed by atoms with Gasteiger partial charge in [-0.15, -0.1) is 0 Å². The minimum atomic E-state index is -3.09. The second-order valence-corrected chi connectivity index (χ2v) is 8.86. The van der Waals surface area contributed by atoms with Gasteiger partial charge in [0.1, 0.15) is 11.6 Å². The molecule has 0 amide bonds. The highest BCUT2D eigenvalue weighted by Crippen LogP contribution is 2.29. The van der Waals surface area contributed by atoms with Gasteiger partial charge in [0, 0.05) is 43.9 Å². The van der Waals surface area contributed by atoms with E-state index in [-0.39, 0.29) is 11.7 Å². The summed E-state index contributed by atoms with van der Waals surface area (Å²) < 4.78 is 31.1. The van der Waals surface area contributed by atoms with Gasteiger partial charge in [0.25, 0.3) is 0 Å². The Morgan fingerprint density at radius 1 is 1.12 bits per heavy atom. The van der Waals surface area contributed by atoms with Crippen molar-refractivity contribution in [3.63, 3.8) is 0 Å². The predicted molar refractivity (Wildman–Crippen MR) is 97.5 cm³/mol. The van der Waals surface area contributed by atoms with Gasteiger partial charge in [0.2, 0.25) is 10.0 Å². The lowest BCUT2D eigenvalue weighted by molar-refractivity contribution is 0.122. The Kier molecular flexibility index (Phi) is 5.91. The molecule has 0 bridgehead atoms. The summed E-state index contributed by atoms with van der Waals surface area (Å²) in [6, 6.07) is 2.07. The van der Waals surface area contributed by atoms with E-state index in [9.17, 15) is 8.42 Å². The second kappa shape index (κ2) is 7.97. The number of anilines is 1. The summed E-state index contributed by atoms with van der Waals surface area (Å²) in [5.41, 5.74) is 1.05. The third kappa shape index (κ3) is 4.30. The van der Waals surface area contributed by atoms with Gasteiger partial charge < -0.3 is 9.64 Å². The monoisotopic (exact) mass is 368 g/mol. The number of morpholine rings is 1. The molecule has 7 nitrogen and oxygen atoms in total. The fourth-order valence-electron chi connectivity index (χ4n) is 3.40. The van der Waals surface area contributed by atoms with Gasteiger partial charge in [-0.1, -0.05) is 6.92 Å². The third-order valence-corrected chi connectivity index (χ3v) is 6.94. The quantitative estimate of drug-likeness (QED) is 0.782. The van der Waals surface area contributed by atoms with Gasteiger partial charge in [-0.05, 0) is 26.2 Å². The number of rotatable bonds is 5. The Labute approximate surface area is 150 Å². The van der Waals surface area contributed by atoms with E-state index in [0.29, 0.717) is 13.1 Å². The lowest BCUT2D eigenvalue weighted by atomic mass is 9.97. The zero-order valence-electron chi connectivity index (χ0n) is 15.1. The number of hydrogen-bond donors (Lipinski definition) is 0. The average molecular weight is 369 g/mol. The number of piperidine rings is 1. The molecule has 8 heteroatoms. The maximum absolute atomic E-state index is 12.0. The lowest BCUT2D eigenvalue weighted by Gasteiger charge is -2.32. The normalized spacial score (nSPS) is 20.8. The molecule has 25 heavy (non-hydrogen) atoms. The predicted octanol–water partition coefficient (Wildman–Crippen LogP) is 1.40. The molecule has 3 heterocycles. The van der Waals surface area contributed by atoms with Crippen LogP contribution in [0.1, 0.15) is 44.1 Å². The molecular formula is C17H28N4O3S. The minimum absolute atomic E-state index is 0.167. The van der Waals surface area contributed by atoms with Crippen LogP contribution in [0.5, 0.6) is 0 Å². The SMILES string of the molecule is CCc1cc(N2CCOCC2)nc(C2CCN(S(=O)(=O)CC)CC2)n1. The summed E-state index contributed by atoms with van der Waals surface area (Å²) >= 11 is 0. The summed E-state index contributed by atoms with van der Waals surface area (Å²) in [5, 5.41) is 0. The molecule has 0 saturated carbocycles. The van der Waals surface area contributed by atoms with E-state index in [0.717, 1.165) is 62.9 Å². The standard InChI is InChI=1S/C17H28N4O3S/c1-3-15-13-16(20-9-11-24-12-10-20)19-17(18-15)14-5-7-21(8-6-14)25(22,23)4-2/h13-14H,3-12H2,1-2H3. The van der Waals surface area contributed by atoms with Gasteiger partial charge in [0.15, 0.2) is 0 Å². The molecule has 3 rings (SSSR count). The summed E-state index contributed by atoms with van der Waals surface area (Å²) in [6.07, 6.45) is 2.44. The van der Waals surface area contributed by atoms with Crippen LogP contribution in [-0.4, -0.2) is 67.8 Å². The van der Waals surface area contributed by atoms with Crippen LogP contribution in [0.25, 0.3) is 0 Å². The van der Waals surface area contributed by atoms with Crippen molar-refractivity contribution in [2.75, 3.05) is 50.0 Å². The number of aromatic nitrogens is 2. The van der Waals surface area contributed by atoms with Crippen molar-refractivity contribution in [2.45, 2.75) is 39.0 Å². The molecule has 0 aliphatic carbocycles. The van der Waals surface area contributed by atoms with Gasteiger partial charge in [0.05, 0.1) is 19.0 Å². The first kappa shape index (κ1) is 18.5. The Bertz CT molecular complexity index is 681. The average Bonchev–Trinajstić information content (AvgIpc) is 2.68. The van der Waals surface area contributed by atoms with Crippen LogP contribution in [0.2, 0.25) is 0 Å². The fraction of sp³-hybridized carbons (Fsp3) is 0.765. The molecule has 0 spiro atoms. The van der Waals surface area contributed by atoms with Gasteiger partial charge in [-0.2, -0.15) is 0 Å². The van der Waals surface area contributed by atoms with E-state index >= 15 is 0 Å². The van der Waals surface area contributed by atoms with E-state index in [1.165, 1.54) is 0 Å². The number of nitrogens with zero attached hydrogens (tertiary/aromatic N) is 4. The van der Waals surface area contributed by atoms with Gasteiger partial charge in [-0.3, -0.25) is 0 Å². The molecule has 0 radical (unpaired) electrons. The van der Waals surface area contributed by atoms with E-state index in [1.807, 2.05) is 0 Å². The highest BCUT2D eigenvalue weighted by Gasteiger charge is 2.29. The van der Waals surface area contributed by atoms with Crippen molar-refractivity contribution < 1.29 is 13.2 Å². The summed E-state index contributed by atoms with van der Waals surface area (Å²) in [7, 11) is -3.09. The van der Waals surface area contributed by atoms with Crippen LogP contribution < -0.4 is 4.90 Å². The number of hydrogen-bond acceptors (Lipinski definition) is 6. The Morgan fingerprint density at radius 3 is 2.40 bits per heavy atom. The van der Waals surface area contributed by atoms with Crippen LogP contribution in [0.4, 0.5) is 5.82 Å². The Morgan fingerprint density at radius 2 is 1.80 bits per heavy atom. The second-order valence-electron chi connectivity index (χ2n) is 6.60. The van der Waals surface area contributed by atoms with Crippen molar-refractivity contribution in [3.8, 4) is 0 Å². The van der Waals surface area contributed by atoms with E-state index < -0.39 is 10.0 Å². The topological polar surface area (TPSA) is 75.6 Å². The molecule has 0 atom stereocenters. The van der Waals surface area contributed by atoms with Crippen molar-refractivity contribution in [1.29, 1.82) is 0 Å². The fourth-order valence-corrected chi connectivity index (χ4v) is 4.53. The van der Waals surface area contributed by atoms with Crippen molar-refractivity contribution in [1.82, 2.24) is 14.3 Å². The molecule has 2 aliphatic rings. The Balaban J connectivity index is 1.76. The maximum Gasteiger partial charge on any atom is 0.213 e. The maximum atomic E-state index is 12.0. The molecule has 0 N–H and O–H groups in total. The van der Waals surface area contributed by atoms with Gasteiger partial charge >= 0.3 is 0 Å². The zero-order chi connectivity index (χ0) is 17.9. The lowest BCUT2D eigenvalue weighted by Crippen LogP contribution is -2.39. The molecule has 2 saturated heterocycles. The smallest absolute Gasteiger partial charge is 0.213 e. The van der Waals surface area contributed by atoms with Crippen molar-refractivity contribution in [3.05, 3.63) is 17.6 Å². The molecule has 2 fully saturated rings. The van der Waals surface area contributed by atoms with Crippen LogP contribution in [0.15, 0.2) is 6.07 Å². The first-order chi connectivity index (χ1) is 12.0. The minimum Gasteiger partial charge on any atom is -0.378 e. The van der Waals surface area contributed by atoms with E-state index in [1.54, 1.807) is 11.2 Å². The summed E-state index contributed by atoms with van der Waals surface area (Å²) in [6.45, 7) is 8.10. The van der Waals surface area contributed by atoms with E-state index in [4.69, 9.17) is 14.7 Å². The van der Waals surface area contributed by atoms with Crippen LogP contribution in [-0.2, 0) is 21.2 Å². The number of ether oxygens (including phenoxy) is 1. The molecule has 140 valence electrons. The Hall–Kier alpha value is -1.25. The van der Waals surface area contributed by atoms with Crippen LogP contribution >= 0.6 is 0 Å². The third-order valence-electron chi connectivity index (χ3n) is 5.06. The van der Waals surface area contributed by atoms with Crippen molar-refractivity contribution >= 4 is 15.8 Å². The first-order valence-electron chi connectivity index (χ1n) is 9.22. The number of aryl methyl sites for hydroxylation is 1. The van der Waals surface area contributed by atoms with Crippen molar-refractivity contribution in [2.24, 2.45) is 0 Å². The largest absolute Gasteiger partial charge is 0.378 e. The summed E-state index contributed by atoms with van der Waals surface area (Å²) in [4.78, 5) is 11.8. The molecule has 2 aliphatic heterocycles. The van der Waals surface area contributed by atoms with Gasteiger partial charge in [-0.25, -0.2) is 22.7 Å². The van der Waals surface area contributed by atoms with Crippen LogP contribution in [0.3, 0.4) is 0 Å². The number of sulfonamides is 1. The first-order valence-corrected chi connectivity index (χ1v) is 10.8. The highest BCUT2D eigenvalue weighted by molar-refractivity contribution is 7.89. The highest BCUT2D eigenvalue weighted by atomic mass is 32.2.